The zero-order valence-electron chi connectivity index (χ0n) is 18.1. The molecule has 1 saturated heterocycles. The van der Waals surface area contributed by atoms with Crippen LogP contribution in [-0.2, 0) is 14.8 Å². The highest BCUT2D eigenvalue weighted by atomic mass is 32.2. The summed E-state index contributed by atoms with van der Waals surface area (Å²) in [4.78, 5) is 29.4. The van der Waals surface area contributed by atoms with Crippen molar-refractivity contribution in [3.63, 3.8) is 0 Å². The van der Waals surface area contributed by atoms with Crippen LogP contribution in [0.15, 0.2) is 53.4 Å². The Morgan fingerprint density at radius 3 is 2.19 bits per heavy atom. The van der Waals surface area contributed by atoms with E-state index in [1.165, 1.54) is 12.1 Å². The molecule has 1 heterocycles. The first kappa shape index (κ1) is 23.0. The van der Waals surface area contributed by atoms with Crippen LogP contribution >= 0.6 is 0 Å². The Bertz CT molecular complexity index is 1060. The molecule has 0 saturated carbocycles. The second-order valence-corrected chi connectivity index (χ2v) is 9.68. The van der Waals surface area contributed by atoms with Gasteiger partial charge in [0.05, 0.1) is 10.9 Å². The van der Waals surface area contributed by atoms with Crippen molar-refractivity contribution in [3.05, 3.63) is 65.2 Å². The molecule has 7 nitrogen and oxygen atoms in total. The van der Waals surface area contributed by atoms with Crippen LogP contribution in [-0.4, -0.2) is 50.2 Å². The number of primary sulfonamides is 1. The minimum absolute atomic E-state index is 0.0145. The first-order chi connectivity index (χ1) is 14.6. The molecule has 1 aliphatic heterocycles. The molecule has 8 heteroatoms. The summed E-state index contributed by atoms with van der Waals surface area (Å²) in [7, 11) is -1.99. The highest BCUT2D eigenvalue weighted by molar-refractivity contribution is 7.89. The summed E-state index contributed by atoms with van der Waals surface area (Å²) in [5.74, 6) is -0.0938. The number of aryl methyl sites for hydroxylation is 1. The largest absolute Gasteiger partial charge is 0.339 e. The molecular weight excluding hydrogens is 414 g/mol. The van der Waals surface area contributed by atoms with E-state index in [0.29, 0.717) is 31.5 Å². The third-order valence-electron chi connectivity index (χ3n) is 6.13. The van der Waals surface area contributed by atoms with Gasteiger partial charge in [-0.25, -0.2) is 13.6 Å². The lowest BCUT2D eigenvalue weighted by Gasteiger charge is -2.35. The maximum absolute atomic E-state index is 13.0. The molecule has 0 aliphatic carbocycles. The topological polar surface area (TPSA) is 101 Å². The predicted molar refractivity (Wildman–Crippen MR) is 119 cm³/mol. The molecule has 1 fully saturated rings. The Morgan fingerprint density at radius 1 is 1.06 bits per heavy atom. The average Bonchev–Trinajstić information content (AvgIpc) is 2.77. The van der Waals surface area contributed by atoms with Gasteiger partial charge in [-0.2, -0.15) is 0 Å². The highest BCUT2D eigenvalue weighted by Gasteiger charge is 2.31. The van der Waals surface area contributed by atoms with Crippen molar-refractivity contribution < 1.29 is 18.0 Å². The van der Waals surface area contributed by atoms with Gasteiger partial charge in [-0.3, -0.25) is 9.59 Å². The number of benzene rings is 2. The number of hydrogen-bond acceptors (Lipinski definition) is 4. The standard InChI is InChI=1S/C23H29N3O4S/c1-16-6-4-5-7-21(16)23(28)26-14-12-19(13-15-26)22(27)25(3)17(2)18-8-10-20(11-9-18)31(24,29)30/h4-11,17,19H,12-15H2,1-3H3,(H2,24,29,30)/t17-/m0/s1. The SMILES string of the molecule is Cc1ccccc1C(=O)N1CCC(C(=O)N(C)[C@@H](C)c2ccc(S(N)(=O)=O)cc2)CC1. The molecule has 0 aromatic heterocycles. The average molecular weight is 444 g/mol. The Morgan fingerprint density at radius 2 is 1.65 bits per heavy atom. The fourth-order valence-electron chi connectivity index (χ4n) is 3.95. The zero-order chi connectivity index (χ0) is 22.8. The summed E-state index contributed by atoms with van der Waals surface area (Å²) in [5.41, 5.74) is 2.49. The number of piperidine rings is 1. The summed E-state index contributed by atoms with van der Waals surface area (Å²) in [5, 5.41) is 5.15. The van der Waals surface area contributed by atoms with Gasteiger partial charge in [0.15, 0.2) is 0 Å². The van der Waals surface area contributed by atoms with Gasteiger partial charge < -0.3 is 9.80 Å². The van der Waals surface area contributed by atoms with Crippen LogP contribution in [0.2, 0.25) is 0 Å². The van der Waals surface area contributed by atoms with Gasteiger partial charge in [0.1, 0.15) is 0 Å². The van der Waals surface area contributed by atoms with Crippen molar-refractivity contribution in [1.29, 1.82) is 0 Å². The first-order valence-corrected chi connectivity index (χ1v) is 11.9. The van der Waals surface area contributed by atoms with E-state index in [4.69, 9.17) is 5.14 Å². The van der Waals surface area contributed by atoms with E-state index < -0.39 is 10.0 Å². The number of carbonyl (C=O) groups is 2. The van der Waals surface area contributed by atoms with Crippen LogP contribution in [0, 0.1) is 12.8 Å². The maximum atomic E-state index is 13.0. The molecule has 1 atom stereocenters. The van der Waals surface area contributed by atoms with Gasteiger partial charge in [-0.15, -0.1) is 0 Å². The monoisotopic (exact) mass is 443 g/mol. The molecule has 0 unspecified atom stereocenters. The fraction of sp³-hybridized carbons (Fsp3) is 0.391. The minimum Gasteiger partial charge on any atom is -0.339 e. The number of rotatable bonds is 5. The molecule has 2 amide bonds. The lowest BCUT2D eigenvalue weighted by atomic mass is 9.93. The lowest BCUT2D eigenvalue weighted by Crippen LogP contribution is -2.44. The maximum Gasteiger partial charge on any atom is 0.254 e. The number of hydrogen-bond donors (Lipinski definition) is 1. The Labute approximate surface area is 183 Å². The van der Waals surface area contributed by atoms with E-state index in [0.717, 1.165) is 11.1 Å². The van der Waals surface area contributed by atoms with E-state index >= 15 is 0 Å². The van der Waals surface area contributed by atoms with Crippen LogP contribution in [0.5, 0.6) is 0 Å². The second-order valence-electron chi connectivity index (χ2n) is 8.12. The van der Waals surface area contributed by atoms with Crippen molar-refractivity contribution in [2.24, 2.45) is 11.1 Å². The molecule has 3 rings (SSSR count). The van der Waals surface area contributed by atoms with Crippen molar-refractivity contribution in [3.8, 4) is 0 Å². The number of nitrogens with two attached hydrogens (primary N) is 1. The summed E-state index contributed by atoms with van der Waals surface area (Å²) >= 11 is 0. The van der Waals surface area contributed by atoms with E-state index in [1.54, 1.807) is 24.1 Å². The molecule has 166 valence electrons. The zero-order valence-corrected chi connectivity index (χ0v) is 18.9. The van der Waals surface area contributed by atoms with Crippen LogP contribution in [0.4, 0.5) is 0 Å². The number of likely N-dealkylation sites (tertiary alicyclic amines) is 1. The number of amides is 2. The number of sulfonamides is 1. The summed E-state index contributed by atoms with van der Waals surface area (Å²) in [6.45, 7) is 4.93. The second kappa shape index (κ2) is 9.20. The molecule has 2 N–H and O–H groups in total. The van der Waals surface area contributed by atoms with Crippen LogP contribution in [0.1, 0.15) is 47.3 Å². The van der Waals surface area contributed by atoms with Crippen molar-refractivity contribution in [2.75, 3.05) is 20.1 Å². The third-order valence-corrected chi connectivity index (χ3v) is 7.06. The fourth-order valence-corrected chi connectivity index (χ4v) is 4.47. The van der Waals surface area contributed by atoms with Crippen molar-refractivity contribution >= 4 is 21.8 Å². The Kier molecular flexibility index (Phi) is 6.81. The van der Waals surface area contributed by atoms with Gasteiger partial charge in [-0.1, -0.05) is 30.3 Å². The molecular formula is C23H29N3O4S. The van der Waals surface area contributed by atoms with Gasteiger partial charge in [0.25, 0.3) is 5.91 Å². The van der Waals surface area contributed by atoms with Gasteiger partial charge >= 0.3 is 0 Å². The van der Waals surface area contributed by atoms with Crippen molar-refractivity contribution in [1.82, 2.24) is 9.80 Å². The third kappa shape index (κ3) is 5.14. The van der Waals surface area contributed by atoms with Gasteiger partial charge in [-0.05, 0) is 56.0 Å². The first-order valence-electron chi connectivity index (χ1n) is 10.3. The highest BCUT2D eigenvalue weighted by Crippen LogP contribution is 2.26. The number of nitrogens with zero attached hydrogens (tertiary/aromatic N) is 2. The normalized spacial score (nSPS) is 16.1. The molecule has 0 radical (unpaired) electrons. The van der Waals surface area contributed by atoms with Gasteiger partial charge in [0.2, 0.25) is 15.9 Å². The summed E-state index contributed by atoms with van der Waals surface area (Å²) < 4.78 is 22.9. The molecule has 0 spiro atoms. The predicted octanol–water partition coefficient (Wildman–Crippen LogP) is 2.71. The van der Waals surface area contributed by atoms with E-state index in [-0.39, 0.29) is 28.7 Å². The van der Waals surface area contributed by atoms with Crippen LogP contribution < -0.4 is 5.14 Å². The van der Waals surface area contributed by atoms with Crippen LogP contribution in [0.3, 0.4) is 0 Å². The smallest absolute Gasteiger partial charge is 0.254 e. The summed E-state index contributed by atoms with van der Waals surface area (Å²) in [6, 6.07) is 13.6. The molecule has 0 bridgehead atoms. The lowest BCUT2D eigenvalue weighted by molar-refractivity contribution is -0.137. The molecule has 1 aliphatic rings. The molecule has 2 aromatic rings. The molecule has 2 aromatic carbocycles. The van der Waals surface area contributed by atoms with Gasteiger partial charge in [0, 0.05) is 31.6 Å². The number of carbonyl (C=O) groups excluding carboxylic acids is 2. The Balaban J connectivity index is 1.61. The summed E-state index contributed by atoms with van der Waals surface area (Å²) in [6.07, 6.45) is 1.25. The van der Waals surface area contributed by atoms with E-state index in [2.05, 4.69) is 0 Å². The van der Waals surface area contributed by atoms with E-state index in [9.17, 15) is 18.0 Å². The van der Waals surface area contributed by atoms with E-state index in [1.807, 2.05) is 43.0 Å². The molecule has 31 heavy (non-hydrogen) atoms. The minimum atomic E-state index is -3.75. The quantitative estimate of drug-likeness (QED) is 0.768. The Hall–Kier alpha value is -2.71. The van der Waals surface area contributed by atoms with Crippen LogP contribution in [0.25, 0.3) is 0 Å². The van der Waals surface area contributed by atoms with Crippen molar-refractivity contribution in [2.45, 2.75) is 37.6 Å².